The van der Waals surface area contributed by atoms with Gasteiger partial charge in [-0.2, -0.15) is 5.10 Å². The molecule has 4 rings (SSSR count). The molecule has 2 N–H and O–H groups in total. The van der Waals surface area contributed by atoms with Crippen molar-refractivity contribution in [3.05, 3.63) is 65.1 Å². The normalized spacial score (nSPS) is 11.3. The van der Waals surface area contributed by atoms with Gasteiger partial charge in [0.15, 0.2) is 0 Å². The second kappa shape index (κ2) is 11.0. The van der Waals surface area contributed by atoms with E-state index < -0.39 is 0 Å². The van der Waals surface area contributed by atoms with Crippen molar-refractivity contribution < 1.29 is 9.90 Å². The molecular formula is C28H35N7O2. The van der Waals surface area contributed by atoms with Crippen molar-refractivity contribution in [2.45, 2.75) is 33.9 Å². The quantitative estimate of drug-likeness (QED) is 0.356. The first-order valence-electron chi connectivity index (χ1n) is 12.4. The van der Waals surface area contributed by atoms with Crippen LogP contribution in [0.15, 0.2) is 42.6 Å². The van der Waals surface area contributed by atoms with Gasteiger partial charge in [0.25, 0.3) is 5.91 Å². The number of fused-ring (bicyclic) bond motifs is 1. The molecule has 0 unspecified atom stereocenters. The Hall–Kier alpha value is -3.98. The third-order valence-corrected chi connectivity index (χ3v) is 6.39. The molecule has 0 atom stereocenters. The number of phenols is 1. The Bertz CT molecular complexity index is 1430. The van der Waals surface area contributed by atoms with Crippen LogP contribution in [0.5, 0.6) is 5.75 Å². The molecule has 0 spiro atoms. The summed E-state index contributed by atoms with van der Waals surface area (Å²) in [5, 5.41) is 18.6. The van der Waals surface area contributed by atoms with Crippen molar-refractivity contribution in [2.24, 2.45) is 0 Å². The van der Waals surface area contributed by atoms with E-state index in [-0.39, 0.29) is 11.7 Å². The van der Waals surface area contributed by atoms with Crippen LogP contribution in [0, 0.1) is 13.8 Å². The van der Waals surface area contributed by atoms with Gasteiger partial charge in [-0.25, -0.2) is 4.98 Å². The summed E-state index contributed by atoms with van der Waals surface area (Å²) in [7, 11) is 5.85. The molecule has 37 heavy (non-hydrogen) atoms. The van der Waals surface area contributed by atoms with E-state index in [1.807, 2.05) is 57.9 Å². The molecule has 1 aromatic carbocycles. The number of carbonyl (C=O) groups is 1. The summed E-state index contributed by atoms with van der Waals surface area (Å²) in [6.07, 6.45) is 1.81. The van der Waals surface area contributed by atoms with Crippen molar-refractivity contribution in [2.75, 3.05) is 39.5 Å². The first-order chi connectivity index (χ1) is 17.7. The fraction of sp³-hybridized carbons (Fsp3) is 0.357. The Morgan fingerprint density at radius 2 is 1.81 bits per heavy atom. The Balaban J connectivity index is 1.72. The van der Waals surface area contributed by atoms with Gasteiger partial charge >= 0.3 is 0 Å². The van der Waals surface area contributed by atoms with Crippen molar-refractivity contribution in [3.8, 4) is 17.1 Å². The molecule has 3 heterocycles. The molecule has 0 saturated heterocycles. The Morgan fingerprint density at radius 3 is 2.51 bits per heavy atom. The second-order valence-electron chi connectivity index (χ2n) is 9.60. The highest BCUT2D eigenvalue weighted by atomic mass is 16.3. The van der Waals surface area contributed by atoms with Crippen LogP contribution >= 0.6 is 0 Å². The average Bonchev–Trinajstić information content (AvgIpc) is 3.21. The van der Waals surface area contributed by atoms with Crippen molar-refractivity contribution in [1.29, 1.82) is 0 Å². The molecule has 9 nitrogen and oxygen atoms in total. The maximum absolute atomic E-state index is 13.7. The number of anilines is 1. The Kier molecular flexibility index (Phi) is 7.73. The van der Waals surface area contributed by atoms with Crippen molar-refractivity contribution >= 4 is 22.5 Å². The third-order valence-electron chi connectivity index (χ3n) is 6.39. The van der Waals surface area contributed by atoms with Gasteiger partial charge in [0.1, 0.15) is 5.75 Å². The number of aryl methyl sites for hydroxylation is 2. The maximum atomic E-state index is 13.7. The van der Waals surface area contributed by atoms with E-state index >= 15 is 0 Å². The highest BCUT2D eigenvalue weighted by Gasteiger charge is 2.20. The van der Waals surface area contributed by atoms with Crippen LogP contribution in [0.25, 0.3) is 22.3 Å². The lowest BCUT2D eigenvalue weighted by atomic mass is 10.0. The smallest absolute Gasteiger partial charge is 0.254 e. The van der Waals surface area contributed by atoms with Crippen LogP contribution in [0.2, 0.25) is 0 Å². The van der Waals surface area contributed by atoms with Gasteiger partial charge in [-0.15, -0.1) is 0 Å². The van der Waals surface area contributed by atoms with Gasteiger partial charge in [0.05, 0.1) is 28.7 Å². The molecule has 0 radical (unpaired) electrons. The lowest BCUT2D eigenvalue weighted by Gasteiger charge is -2.19. The predicted octanol–water partition coefficient (Wildman–Crippen LogP) is 4.08. The van der Waals surface area contributed by atoms with Gasteiger partial charge in [0, 0.05) is 61.3 Å². The van der Waals surface area contributed by atoms with E-state index in [0.717, 1.165) is 42.3 Å². The summed E-state index contributed by atoms with van der Waals surface area (Å²) < 4.78 is 1.92. The predicted molar refractivity (Wildman–Crippen MR) is 147 cm³/mol. The summed E-state index contributed by atoms with van der Waals surface area (Å²) in [4.78, 5) is 27.0. The lowest BCUT2D eigenvalue weighted by Crippen LogP contribution is -2.27. The second-order valence-corrected chi connectivity index (χ2v) is 9.60. The Labute approximate surface area is 217 Å². The number of nitrogens with one attached hydrogen (secondary N) is 1. The number of hydrogen-bond acceptors (Lipinski definition) is 7. The fourth-order valence-corrected chi connectivity index (χ4v) is 4.34. The van der Waals surface area contributed by atoms with Crippen LogP contribution in [0.4, 0.5) is 5.69 Å². The van der Waals surface area contributed by atoms with Gasteiger partial charge in [0.2, 0.25) is 0 Å². The topological polar surface area (TPSA) is 99.4 Å². The molecule has 0 aliphatic heterocycles. The molecule has 0 bridgehead atoms. The lowest BCUT2D eigenvalue weighted by molar-refractivity contribution is 0.0787. The standard InChI is InChI=1S/C28H35N7O2/c1-7-35-19(3)20(16-30-35)17-34(6)28(37)24-15-27(32-25-9-8-22(36)14-23(24)25)26-13-21(12-18(2)31-26)29-10-11-33(4)5/h8-9,12-16,36H,7,10-11,17H2,1-6H3,(H,29,31). The number of aromatic nitrogens is 4. The van der Waals surface area contributed by atoms with Gasteiger partial charge in [-0.05, 0) is 71.3 Å². The number of likely N-dealkylation sites (N-methyl/N-ethyl adjacent to an activating group) is 1. The average molecular weight is 502 g/mol. The zero-order valence-electron chi connectivity index (χ0n) is 22.4. The number of rotatable bonds is 9. The fourth-order valence-electron chi connectivity index (χ4n) is 4.34. The summed E-state index contributed by atoms with van der Waals surface area (Å²) in [5.74, 6) is -0.0836. The van der Waals surface area contributed by atoms with Crippen LogP contribution in [0.1, 0.15) is 34.2 Å². The number of amides is 1. The van der Waals surface area contributed by atoms with E-state index in [2.05, 4.69) is 15.3 Å². The number of hydrogen-bond donors (Lipinski definition) is 2. The van der Waals surface area contributed by atoms with E-state index in [1.54, 1.807) is 36.2 Å². The number of aromatic hydroxyl groups is 1. The van der Waals surface area contributed by atoms with E-state index in [1.165, 1.54) is 0 Å². The van der Waals surface area contributed by atoms with E-state index in [9.17, 15) is 9.90 Å². The number of phenolic OH excluding ortho intramolecular Hbond substituents is 1. The summed E-state index contributed by atoms with van der Waals surface area (Å²) >= 11 is 0. The summed E-state index contributed by atoms with van der Waals surface area (Å²) in [6.45, 7) is 8.88. The molecule has 4 aromatic rings. The van der Waals surface area contributed by atoms with Crippen LogP contribution < -0.4 is 5.32 Å². The molecule has 0 saturated carbocycles. The third kappa shape index (κ3) is 5.89. The maximum Gasteiger partial charge on any atom is 0.254 e. The van der Waals surface area contributed by atoms with Crippen molar-refractivity contribution in [3.63, 3.8) is 0 Å². The van der Waals surface area contributed by atoms with Crippen LogP contribution in [-0.2, 0) is 13.1 Å². The number of carbonyl (C=O) groups excluding carboxylic acids is 1. The Morgan fingerprint density at radius 1 is 1.05 bits per heavy atom. The minimum Gasteiger partial charge on any atom is -0.508 e. The van der Waals surface area contributed by atoms with Crippen LogP contribution in [0.3, 0.4) is 0 Å². The van der Waals surface area contributed by atoms with Crippen LogP contribution in [-0.4, -0.2) is 74.8 Å². The molecule has 0 fully saturated rings. The number of benzene rings is 1. The van der Waals surface area contributed by atoms with Gasteiger partial charge in [-0.3, -0.25) is 14.5 Å². The van der Waals surface area contributed by atoms with Gasteiger partial charge < -0.3 is 20.2 Å². The monoisotopic (exact) mass is 501 g/mol. The molecule has 0 aliphatic carbocycles. The van der Waals surface area contributed by atoms with Crippen molar-refractivity contribution in [1.82, 2.24) is 29.5 Å². The molecule has 0 aliphatic rings. The highest BCUT2D eigenvalue weighted by molar-refractivity contribution is 6.07. The molecule has 1 amide bonds. The van der Waals surface area contributed by atoms with Gasteiger partial charge in [-0.1, -0.05) is 0 Å². The zero-order chi connectivity index (χ0) is 26.7. The largest absolute Gasteiger partial charge is 0.508 e. The first kappa shape index (κ1) is 26.1. The molecule has 3 aromatic heterocycles. The molecular weight excluding hydrogens is 466 g/mol. The first-order valence-corrected chi connectivity index (χ1v) is 12.4. The summed E-state index contributed by atoms with van der Waals surface area (Å²) in [5.41, 5.74) is 6.20. The minimum absolute atomic E-state index is 0.0832. The van der Waals surface area contributed by atoms with E-state index in [0.29, 0.717) is 34.4 Å². The number of nitrogens with zero attached hydrogens (tertiary/aromatic N) is 6. The zero-order valence-corrected chi connectivity index (χ0v) is 22.4. The number of pyridine rings is 2. The van der Waals surface area contributed by atoms with E-state index in [4.69, 9.17) is 9.97 Å². The SMILES string of the molecule is CCn1ncc(CN(C)C(=O)c2cc(-c3cc(NCCN(C)C)cc(C)n3)nc3ccc(O)cc23)c1C. The minimum atomic E-state index is -0.167. The molecule has 9 heteroatoms. The highest BCUT2D eigenvalue weighted by Crippen LogP contribution is 2.29. The summed E-state index contributed by atoms with van der Waals surface area (Å²) in [6, 6.07) is 10.6. The molecule has 194 valence electrons.